The number of pyridine rings is 1. The molecule has 94 valence electrons. The van der Waals surface area contributed by atoms with Crippen LogP contribution >= 0.6 is 0 Å². The molecular weight excluding hydrogens is 220 g/mol. The quantitative estimate of drug-likeness (QED) is 0.771. The molecule has 2 rings (SSSR count). The second kappa shape index (κ2) is 6.92. The Bertz CT molecular complexity index is 439. The zero-order valence-electron chi connectivity index (χ0n) is 10.9. The third kappa shape index (κ3) is 4.30. The SMILES string of the molecule is CN(CCCc1ccccc1)Cc1cccnc1. The van der Waals surface area contributed by atoms with Crippen molar-refractivity contribution in [2.75, 3.05) is 13.6 Å². The van der Waals surface area contributed by atoms with E-state index in [1.54, 1.807) is 0 Å². The monoisotopic (exact) mass is 240 g/mol. The lowest BCUT2D eigenvalue weighted by molar-refractivity contribution is 0.322. The van der Waals surface area contributed by atoms with Gasteiger partial charge in [0.15, 0.2) is 0 Å². The van der Waals surface area contributed by atoms with Gasteiger partial charge in [0.25, 0.3) is 0 Å². The second-order valence-corrected chi connectivity index (χ2v) is 4.69. The first-order valence-electron chi connectivity index (χ1n) is 6.46. The summed E-state index contributed by atoms with van der Waals surface area (Å²) in [7, 11) is 2.16. The van der Waals surface area contributed by atoms with Crippen LogP contribution in [0.5, 0.6) is 0 Å². The van der Waals surface area contributed by atoms with Crippen LogP contribution in [0.15, 0.2) is 54.9 Å². The van der Waals surface area contributed by atoms with Gasteiger partial charge in [-0.05, 0) is 43.6 Å². The molecule has 18 heavy (non-hydrogen) atoms. The fourth-order valence-electron chi connectivity index (χ4n) is 2.08. The lowest BCUT2D eigenvalue weighted by Crippen LogP contribution is -2.19. The minimum absolute atomic E-state index is 0.975. The molecule has 2 nitrogen and oxygen atoms in total. The Labute approximate surface area is 109 Å². The van der Waals surface area contributed by atoms with E-state index in [9.17, 15) is 0 Å². The molecule has 1 aromatic carbocycles. The van der Waals surface area contributed by atoms with E-state index in [1.807, 2.05) is 18.5 Å². The molecule has 0 saturated carbocycles. The van der Waals surface area contributed by atoms with Gasteiger partial charge >= 0.3 is 0 Å². The number of aromatic nitrogens is 1. The molecule has 0 fully saturated rings. The number of hydrogen-bond acceptors (Lipinski definition) is 2. The van der Waals surface area contributed by atoms with Crippen molar-refractivity contribution in [1.29, 1.82) is 0 Å². The predicted molar refractivity (Wildman–Crippen MR) is 75.3 cm³/mol. The molecule has 1 heterocycles. The molecule has 0 aliphatic carbocycles. The Balaban J connectivity index is 1.71. The van der Waals surface area contributed by atoms with Crippen LogP contribution in [-0.2, 0) is 13.0 Å². The second-order valence-electron chi connectivity index (χ2n) is 4.69. The standard InChI is InChI=1S/C16H20N2/c1-18(14-16-9-5-11-17-13-16)12-6-10-15-7-3-2-4-8-15/h2-5,7-9,11,13H,6,10,12,14H2,1H3. The van der Waals surface area contributed by atoms with Crippen LogP contribution in [0.2, 0.25) is 0 Å². The van der Waals surface area contributed by atoms with Crippen molar-refractivity contribution in [2.45, 2.75) is 19.4 Å². The molecule has 1 aromatic heterocycles. The van der Waals surface area contributed by atoms with E-state index in [0.29, 0.717) is 0 Å². The molecule has 0 aliphatic heterocycles. The van der Waals surface area contributed by atoms with Crippen molar-refractivity contribution in [3.05, 3.63) is 66.0 Å². The van der Waals surface area contributed by atoms with Gasteiger partial charge in [0.1, 0.15) is 0 Å². The maximum absolute atomic E-state index is 4.14. The molecule has 0 N–H and O–H groups in total. The molecule has 0 bridgehead atoms. The summed E-state index contributed by atoms with van der Waals surface area (Å²) in [5.74, 6) is 0. The summed E-state index contributed by atoms with van der Waals surface area (Å²) < 4.78 is 0. The Morgan fingerprint density at radius 2 is 1.78 bits per heavy atom. The van der Waals surface area contributed by atoms with Crippen LogP contribution in [0.1, 0.15) is 17.5 Å². The molecule has 0 aliphatic rings. The molecule has 0 amide bonds. The third-order valence-corrected chi connectivity index (χ3v) is 3.02. The van der Waals surface area contributed by atoms with Gasteiger partial charge in [-0.15, -0.1) is 0 Å². The highest BCUT2D eigenvalue weighted by molar-refractivity contribution is 5.14. The number of rotatable bonds is 6. The van der Waals surface area contributed by atoms with E-state index in [1.165, 1.54) is 17.5 Å². The number of hydrogen-bond donors (Lipinski definition) is 0. The maximum atomic E-state index is 4.14. The summed E-state index contributed by atoms with van der Waals surface area (Å²) in [4.78, 5) is 6.49. The first kappa shape index (κ1) is 12.8. The van der Waals surface area contributed by atoms with Crippen LogP contribution in [0, 0.1) is 0 Å². The Morgan fingerprint density at radius 1 is 1.00 bits per heavy atom. The van der Waals surface area contributed by atoms with Crippen LogP contribution < -0.4 is 0 Å². The van der Waals surface area contributed by atoms with Gasteiger partial charge in [-0.2, -0.15) is 0 Å². The highest BCUT2D eigenvalue weighted by atomic mass is 15.1. The van der Waals surface area contributed by atoms with Gasteiger partial charge in [-0.25, -0.2) is 0 Å². The van der Waals surface area contributed by atoms with Crippen molar-refractivity contribution in [3.63, 3.8) is 0 Å². The molecule has 0 atom stereocenters. The van der Waals surface area contributed by atoms with Gasteiger partial charge in [-0.1, -0.05) is 36.4 Å². The van der Waals surface area contributed by atoms with E-state index in [4.69, 9.17) is 0 Å². The zero-order valence-corrected chi connectivity index (χ0v) is 10.9. The largest absolute Gasteiger partial charge is 0.302 e. The average molecular weight is 240 g/mol. The van der Waals surface area contributed by atoms with Crippen molar-refractivity contribution in [1.82, 2.24) is 9.88 Å². The fourth-order valence-corrected chi connectivity index (χ4v) is 2.08. The smallest absolute Gasteiger partial charge is 0.0312 e. The molecule has 0 radical (unpaired) electrons. The third-order valence-electron chi connectivity index (χ3n) is 3.02. The maximum Gasteiger partial charge on any atom is 0.0312 e. The first-order chi connectivity index (χ1) is 8.84. The van der Waals surface area contributed by atoms with Gasteiger partial charge in [0.2, 0.25) is 0 Å². The summed E-state index contributed by atoms with van der Waals surface area (Å²) in [6.45, 7) is 2.09. The number of benzene rings is 1. The summed E-state index contributed by atoms with van der Waals surface area (Å²) in [5, 5.41) is 0. The lowest BCUT2D eigenvalue weighted by atomic mass is 10.1. The number of nitrogens with zero attached hydrogens (tertiary/aromatic N) is 2. The highest BCUT2D eigenvalue weighted by Gasteiger charge is 2.00. The summed E-state index contributed by atoms with van der Waals surface area (Å²) in [6.07, 6.45) is 6.10. The van der Waals surface area contributed by atoms with Crippen molar-refractivity contribution in [2.24, 2.45) is 0 Å². The van der Waals surface area contributed by atoms with E-state index < -0.39 is 0 Å². The topological polar surface area (TPSA) is 16.1 Å². The fraction of sp³-hybridized carbons (Fsp3) is 0.312. The molecule has 2 aromatic rings. The Hall–Kier alpha value is -1.67. The summed E-state index contributed by atoms with van der Waals surface area (Å²) >= 11 is 0. The molecule has 2 heteroatoms. The summed E-state index contributed by atoms with van der Waals surface area (Å²) in [5.41, 5.74) is 2.70. The van der Waals surface area contributed by atoms with Crippen LogP contribution in [-0.4, -0.2) is 23.5 Å². The first-order valence-corrected chi connectivity index (χ1v) is 6.46. The Morgan fingerprint density at radius 3 is 2.50 bits per heavy atom. The van der Waals surface area contributed by atoms with Crippen molar-refractivity contribution < 1.29 is 0 Å². The van der Waals surface area contributed by atoms with E-state index in [-0.39, 0.29) is 0 Å². The van der Waals surface area contributed by atoms with Crippen molar-refractivity contribution >= 4 is 0 Å². The number of aryl methyl sites for hydroxylation is 1. The van der Waals surface area contributed by atoms with Gasteiger partial charge < -0.3 is 4.90 Å². The van der Waals surface area contributed by atoms with Crippen molar-refractivity contribution in [3.8, 4) is 0 Å². The van der Waals surface area contributed by atoms with Gasteiger partial charge in [0, 0.05) is 18.9 Å². The lowest BCUT2D eigenvalue weighted by Gasteiger charge is -2.16. The zero-order chi connectivity index (χ0) is 12.6. The average Bonchev–Trinajstić information content (AvgIpc) is 2.41. The van der Waals surface area contributed by atoms with Crippen LogP contribution in [0.3, 0.4) is 0 Å². The van der Waals surface area contributed by atoms with Crippen LogP contribution in [0.4, 0.5) is 0 Å². The van der Waals surface area contributed by atoms with Crippen LogP contribution in [0.25, 0.3) is 0 Å². The summed E-state index contributed by atoms with van der Waals surface area (Å²) in [6, 6.07) is 14.8. The minimum Gasteiger partial charge on any atom is -0.302 e. The van der Waals surface area contributed by atoms with Gasteiger partial charge in [-0.3, -0.25) is 4.98 Å². The molecular formula is C16H20N2. The Kier molecular flexibility index (Phi) is 4.91. The molecule has 0 unspecified atom stereocenters. The molecule has 0 saturated heterocycles. The van der Waals surface area contributed by atoms with Gasteiger partial charge in [0.05, 0.1) is 0 Å². The van der Waals surface area contributed by atoms with E-state index in [0.717, 1.165) is 19.5 Å². The predicted octanol–water partition coefficient (Wildman–Crippen LogP) is 3.15. The highest BCUT2D eigenvalue weighted by Crippen LogP contribution is 2.05. The van der Waals surface area contributed by atoms with E-state index in [2.05, 4.69) is 53.3 Å². The van der Waals surface area contributed by atoms with E-state index >= 15 is 0 Å². The minimum atomic E-state index is 0.975. The normalized spacial score (nSPS) is 10.8. The molecule has 0 spiro atoms.